The van der Waals surface area contributed by atoms with Crippen LogP contribution < -0.4 is 10.0 Å². The third kappa shape index (κ3) is 5.67. The molecule has 0 fully saturated rings. The summed E-state index contributed by atoms with van der Waals surface area (Å²) < 4.78 is 27.3. The lowest BCUT2D eigenvalue weighted by Gasteiger charge is -2.20. The highest BCUT2D eigenvalue weighted by molar-refractivity contribution is 7.89. The van der Waals surface area contributed by atoms with Crippen LogP contribution in [0.5, 0.6) is 0 Å². The summed E-state index contributed by atoms with van der Waals surface area (Å²) in [6.07, 6.45) is 2.93. The van der Waals surface area contributed by atoms with E-state index in [9.17, 15) is 8.42 Å². The van der Waals surface area contributed by atoms with Crippen molar-refractivity contribution in [3.63, 3.8) is 0 Å². The van der Waals surface area contributed by atoms with Gasteiger partial charge in [0.15, 0.2) is 0 Å². The molecule has 21 heavy (non-hydrogen) atoms. The number of hydrogen-bond acceptors (Lipinski definition) is 3. The highest BCUT2D eigenvalue weighted by Gasteiger charge is 2.18. The number of benzene rings is 1. The Balaban J connectivity index is 2.89. The van der Waals surface area contributed by atoms with Crippen molar-refractivity contribution in [3.05, 3.63) is 24.3 Å². The Bertz CT molecular complexity index is 529. The second-order valence-electron chi connectivity index (χ2n) is 5.69. The fourth-order valence-electron chi connectivity index (χ4n) is 2.23. The van der Waals surface area contributed by atoms with Gasteiger partial charge in [-0.25, -0.2) is 13.1 Å². The van der Waals surface area contributed by atoms with E-state index in [0.717, 1.165) is 19.3 Å². The minimum absolute atomic E-state index is 0.238. The zero-order valence-corrected chi connectivity index (χ0v) is 14.3. The molecule has 2 N–H and O–H groups in total. The van der Waals surface area contributed by atoms with E-state index in [2.05, 4.69) is 30.8 Å². The fourth-order valence-corrected chi connectivity index (χ4v) is 3.53. The van der Waals surface area contributed by atoms with Crippen LogP contribution in [0.3, 0.4) is 0 Å². The molecule has 1 aromatic carbocycles. The van der Waals surface area contributed by atoms with E-state index in [-0.39, 0.29) is 6.04 Å². The summed E-state index contributed by atoms with van der Waals surface area (Å²) in [5.41, 5.74) is 0.678. The van der Waals surface area contributed by atoms with Crippen molar-refractivity contribution in [2.24, 2.45) is 5.92 Å². The van der Waals surface area contributed by atoms with Gasteiger partial charge in [0.05, 0.1) is 5.69 Å². The molecule has 2 atom stereocenters. The minimum atomic E-state index is -3.45. The molecule has 0 radical (unpaired) electrons. The van der Waals surface area contributed by atoms with E-state index >= 15 is 0 Å². The Morgan fingerprint density at radius 1 is 1.14 bits per heavy atom. The molecule has 4 nitrogen and oxygen atoms in total. The monoisotopic (exact) mass is 312 g/mol. The zero-order chi connectivity index (χ0) is 15.9. The number of hydrogen-bond donors (Lipinski definition) is 2. The predicted molar refractivity (Wildman–Crippen MR) is 89.1 cm³/mol. The van der Waals surface area contributed by atoms with Crippen LogP contribution >= 0.6 is 0 Å². The maximum atomic E-state index is 12.3. The number of para-hydroxylation sites is 1. The molecule has 0 saturated heterocycles. The van der Waals surface area contributed by atoms with Gasteiger partial charge in [-0.1, -0.05) is 39.3 Å². The third-order valence-corrected chi connectivity index (χ3v) is 5.09. The van der Waals surface area contributed by atoms with Crippen LogP contribution in [-0.2, 0) is 10.0 Å². The van der Waals surface area contributed by atoms with Gasteiger partial charge >= 0.3 is 0 Å². The summed E-state index contributed by atoms with van der Waals surface area (Å²) in [6.45, 7) is 8.88. The van der Waals surface area contributed by atoms with Crippen molar-refractivity contribution in [2.45, 2.75) is 57.9 Å². The summed E-state index contributed by atoms with van der Waals surface area (Å²) >= 11 is 0. The van der Waals surface area contributed by atoms with Crippen LogP contribution in [0.1, 0.15) is 47.0 Å². The average Bonchev–Trinajstić information content (AvgIpc) is 2.45. The van der Waals surface area contributed by atoms with Crippen molar-refractivity contribution in [1.29, 1.82) is 0 Å². The molecular formula is C16H28N2O2S. The minimum Gasteiger partial charge on any atom is -0.381 e. The van der Waals surface area contributed by atoms with Gasteiger partial charge in [0.25, 0.3) is 0 Å². The summed E-state index contributed by atoms with van der Waals surface area (Å²) in [4.78, 5) is 0.328. The molecular weight excluding hydrogens is 284 g/mol. The average molecular weight is 312 g/mol. The van der Waals surface area contributed by atoms with Gasteiger partial charge in [-0.05, 0) is 37.8 Å². The smallest absolute Gasteiger partial charge is 0.242 e. The van der Waals surface area contributed by atoms with Crippen LogP contribution in [0.4, 0.5) is 5.69 Å². The Labute approximate surface area is 129 Å². The maximum absolute atomic E-state index is 12.3. The van der Waals surface area contributed by atoms with E-state index in [4.69, 9.17) is 0 Å². The Hall–Kier alpha value is -1.07. The molecule has 0 spiro atoms. The van der Waals surface area contributed by atoms with E-state index in [1.165, 1.54) is 0 Å². The van der Waals surface area contributed by atoms with Gasteiger partial charge in [-0.15, -0.1) is 0 Å². The molecule has 0 bridgehead atoms. The molecule has 1 aromatic rings. The van der Waals surface area contributed by atoms with Crippen molar-refractivity contribution in [1.82, 2.24) is 4.72 Å². The lowest BCUT2D eigenvalue weighted by atomic mass is 10.0. The Kier molecular flexibility index (Phi) is 7.18. The number of sulfonamides is 1. The molecule has 0 aliphatic rings. The zero-order valence-electron chi connectivity index (χ0n) is 13.5. The first-order chi connectivity index (χ1) is 9.90. The molecule has 0 aromatic heterocycles. The molecule has 0 aliphatic heterocycles. The first-order valence-corrected chi connectivity index (χ1v) is 9.24. The van der Waals surface area contributed by atoms with Crippen molar-refractivity contribution in [3.8, 4) is 0 Å². The molecule has 0 heterocycles. The predicted octanol–water partition coefficient (Wildman–Crippen LogP) is 3.61. The largest absolute Gasteiger partial charge is 0.381 e. The molecule has 120 valence electrons. The van der Waals surface area contributed by atoms with Crippen LogP contribution in [0.2, 0.25) is 0 Å². The van der Waals surface area contributed by atoms with Gasteiger partial charge < -0.3 is 5.32 Å². The van der Waals surface area contributed by atoms with Crippen LogP contribution in [0, 0.1) is 5.92 Å². The van der Waals surface area contributed by atoms with Gasteiger partial charge in [0.2, 0.25) is 10.0 Å². The molecule has 0 aliphatic carbocycles. The molecule has 2 unspecified atom stereocenters. The van der Waals surface area contributed by atoms with Crippen LogP contribution in [0.25, 0.3) is 0 Å². The highest BCUT2D eigenvalue weighted by Crippen LogP contribution is 2.23. The van der Waals surface area contributed by atoms with Gasteiger partial charge in [-0.3, -0.25) is 0 Å². The van der Waals surface area contributed by atoms with Crippen LogP contribution in [-0.4, -0.2) is 21.0 Å². The lowest BCUT2D eigenvalue weighted by Crippen LogP contribution is -2.26. The summed E-state index contributed by atoms with van der Waals surface area (Å²) in [6, 6.07) is 7.33. The van der Waals surface area contributed by atoms with Gasteiger partial charge in [0, 0.05) is 12.6 Å². The van der Waals surface area contributed by atoms with E-state index < -0.39 is 10.0 Å². The van der Waals surface area contributed by atoms with Crippen LogP contribution in [0.15, 0.2) is 29.2 Å². The van der Waals surface area contributed by atoms with E-state index in [0.29, 0.717) is 23.0 Å². The lowest BCUT2D eigenvalue weighted by molar-refractivity contribution is 0.483. The normalized spacial score (nSPS) is 14.7. The highest BCUT2D eigenvalue weighted by atomic mass is 32.2. The second-order valence-corrected chi connectivity index (χ2v) is 7.42. The fraction of sp³-hybridized carbons (Fsp3) is 0.625. The Morgan fingerprint density at radius 2 is 1.81 bits per heavy atom. The third-order valence-electron chi connectivity index (χ3n) is 3.57. The van der Waals surface area contributed by atoms with E-state index in [1.54, 1.807) is 12.1 Å². The van der Waals surface area contributed by atoms with Gasteiger partial charge in [0.1, 0.15) is 4.90 Å². The number of nitrogens with one attached hydrogen (secondary N) is 2. The van der Waals surface area contributed by atoms with Crippen molar-refractivity contribution in [2.75, 3.05) is 11.9 Å². The van der Waals surface area contributed by atoms with Gasteiger partial charge in [-0.2, -0.15) is 0 Å². The quantitative estimate of drug-likeness (QED) is 0.732. The van der Waals surface area contributed by atoms with Crippen molar-refractivity contribution >= 4 is 15.7 Å². The number of anilines is 1. The summed E-state index contributed by atoms with van der Waals surface area (Å²) in [7, 11) is -3.45. The maximum Gasteiger partial charge on any atom is 0.242 e. The SMILES string of the molecule is CCCNS(=O)(=O)c1ccccc1NC(C)CC(C)CC. The molecule has 0 amide bonds. The standard InChI is InChI=1S/C16H28N2O2S/c1-5-11-17-21(19,20)16-10-8-7-9-15(16)18-14(4)12-13(3)6-2/h7-10,13-14,17-18H,5-6,11-12H2,1-4H3. The Morgan fingerprint density at radius 3 is 2.43 bits per heavy atom. The van der Waals surface area contributed by atoms with E-state index in [1.807, 2.05) is 19.1 Å². The second kappa shape index (κ2) is 8.39. The van der Waals surface area contributed by atoms with Crippen molar-refractivity contribution < 1.29 is 8.42 Å². The molecule has 0 saturated carbocycles. The first-order valence-electron chi connectivity index (χ1n) is 7.75. The number of rotatable bonds is 9. The summed E-state index contributed by atoms with van der Waals surface area (Å²) in [5, 5.41) is 3.34. The summed E-state index contributed by atoms with van der Waals surface area (Å²) in [5.74, 6) is 0.620. The first kappa shape index (κ1) is 18.0. The molecule has 5 heteroatoms. The topological polar surface area (TPSA) is 58.2 Å². The molecule has 1 rings (SSSR count).